The fraction of sp³-hybridized carbons (Fsp3) is 0.148. The molecule has 0 bridgehead atoms. The molecule has 1 aliphatic rings. The Morgan fingerprint density at radius 3 is 2.59 bits per heavy atom. The van der Waals surface area contributed by atoms with Crippen LogP contribution in [-0.2, 0) is 17.6 Å². The highest BCUT2D eigenvalue weighted by Gasteiger charge is 2.26. The molecule has 3 heterocycles. The summed E-state index contributed by atoms with van der Waals surface area (Å²) in [6.07, 6.45) is 3.19. The van der Waals surface area contributed by atoms with Crippen LogP contribution < -0.4 is 11.1 Å². The van der Waals surface area contributed by atoms with Crippen molar-refractivity contribution in [2.45, 2.75) is 24.3 Å². The monoisotopic (exact) mass is 522 g/mol. The number of nitriles is 3. The Balaban J connectivity index is 1.33. The lowest BCUT2D eigenvalue weighted by molar-refractivity contribution is -0.115. The number of nitrogen functional groups attached to an aromatic ring is 1. The molecule has 5 rings (SSSR count). The standard InChI is InChI=1S/C27H18N6O2S2/c28-12-18-17-8-7-15-4-1-2-5-16(15)24(17)37-27(18)32-22(34)9-11-36-26-20(14-30)23(21-6-3-10-35-21)19(13-29)25(31)33-26/h1-6,10H,7-9,11H2,(H2,31,33)(H,32,34). The topological polar surface area (TPSA) is 153 Å². The summed E-state index contributed by atoms with van der Waals surface area (Å²) in [6, 6.07) is 17.8. The number of furan rings is 1. The van der Waals surface area contributed by atoms with Gasteiger partial charge in [0.2, 0.25) is 5.91 Å². The Labute approximate surface area is 221 Å². The average Bonchev–Trinajstić information content (AvgIpc) is 3.56. The molecule has 10 heteroatoms. The van der Waals surface area contributed by atoms with E-state index in [2.05, 4.69) is 28.5 Å². The van der Waals surface area contributed by atoms with Crippen LogP contribution in [0.1, 0.15) is 34.2 Å². The molecule has 0 unspecified atom stereocenters. The Kier molecular flexibility index (Phi) is 6.66. The fourth-order valence-electron chi connectivity index (χ4n) is 4.35. The van der Waals surface area contributed by atoms with Gasteiger partial charge in [0.25, 0.3) is 0 Å². The zero-order valence-corrected chi connectivity index (χ0v) is 21.0. The summed E-state index contributed by atoms with van der Waals surface area (Å²) in [5.74, 6) is 0.394. The van der Waals surface area contributed by atoms with Crippen LogP contribution in [0, 0.1) is 34.0 Å². The molecule has 0 spiro atoms. The van der Waals surface area contributed by atoms with Crippen molar-refractivity contribution in [2.75, 3.05) is 16.8 Å². The molecule has 0 saturated heterocycles. The van der Waals surface area contributed by atoms with Crippen molar-refractivity contribution in [3.63, 3.8) is 0 Å². The normalized spacial score (nSPS) is 11.5. The number of hydrogen-bond acceptors (Lipinski definition) is 9. The molecule has 0 atom stereocenters. The van der Waals surface area contributed by atoms with E-state index in [4.69, 9.17) is 10.2 Å². The minimum absolute atomic E-state index is 0.0111. The quantitative estimate of drug-likeness (QED) is 0.315. The summed E-state index contributed by atoms with van der Waals surface area (Å²) < 4.78 is 5.42. The third-order valence-electron chi connectivity index (χ3n) is 6.03. The van der Waals surface area contributed by atoms with Gasteiger partial charge < -0.3 is 15.5 Å². The summed E-state index contributed by atoms with van der Waals surface area (Å²) >= 11 is 2.62. The van der Waals surface area contributed by atoms with E-state index < -0.39 is 0 Å². The zero-order chi connectivity index (χ0) is 25.9. The van der Waals surface area contributed by atoms with Gasteiger partial charge in [-0.15, -0.1) is 23.1 Å². The minimum Gasteiger partial charge on any atom is -0.464 e. The van der Waals surface area contributed by atoms with E-state index in [1.54, 1.807) is 12.1 Å². The number of aryl methyl sites for hydroxylation is 1. The van der Waals surface area contributed by atoms with Gasteiger partial charge >= 0.3 is 0 Å². The van der Waals surface area contributed by atoms with Crippen molar-refractivity contribution >= 4 is 39.8 Å². The third-order valence-corrected chi connectivity index (χ3v) is 8.19. The van der Waals surface area contributed by atoms with E-state index >= 15 is 0 Å². The van der Waals surface area contributed by atoms with E-state index in [1.807, 2.05) is 24.3 Å². The van der Waals surface area contributed by atoms with E-state index in [0.29, 0.717) is 27.1 Å². The lowest BCUT2D eigenvalue weighted by Crippen LogP contribution is -2.12. The zero-order valence-electron chi connectivity index (χ0n) is 19.4. The first-order chi connectivity index (χ1) is 18.0. The number of amides is 1. The molecule has 4 aromatic rings. The molecule has 1 aliphatic carbocycles. The number of nitrogens with one attached hydrogen (secondary N) is 1. The summed E-state index contributed by atoms with van der Waals surface area (Å²) in [7, 11) is 0. The number of carbonyl (C=O) groups excluding carboxylic acids is 1. The number of anilines is 2. The van der Waals surface area contributed by atoms with E-state index in [-0.39, 0.29) is 34.8 Å². The first-order valence-electron chi connectivity index (χ1n) is 11.3. The number of nitrogens with zero attached hydrogens (tertiary/aromatic N) is 4. The number of carbonyl (C=O) groups is 1. The van der Waals surface area contributed by atoms with Crippen LogP contribution in [-0.4, -0.2) is 16.6 Å². The smallest absolute Gasteiger partial charge is 0.225 e. The Morgan fingerprint density at radius 2 is 1.86 bits per heavy atom. The number of thioether (sulfide) groups is 1. The minimum atomic E-state index is -0.248. The third kappa shape index (κ3) is 4.43. The van der Waals surface area contributed by atoms with Gasteiger partial charge in [-0.05, 0) is 41.7 Å². The SMILES string of the molecule is N#Cc1c(NC(=O)CCSc2nc(N)c(C#N)c(-c3ccco3)c2C#N)sc2c1CCc1ccccc1-2. The molecule has 0 fully saturated rings. The number of rotatable bonds is 6. The van der Waals surface area contributed by atoms with Crippen LogP contribution in [0.2, 0.25) is 0 Å². The molecule has 3 N–H and O–H groups in total. The molecule has 3 aromatic heterocycles. The second-order valence-corrected chi connectivity index (χ2v) is 10.3. The van der Waals surface area contributed by atoms with Gasteiger partial charge in [0.1, 0.15) is 45.4 Å². The van der Waals surface area contributed by atoms with Gasteiger partial charge in [0.15, 0.2) is 0 Å². The van der Waals surface area contributed by atoms with E-state index in [1.165, 1.54) is 34.9 Å². The second-order valence-electron chi connectivity index (χ2n) is 8.16. The Hall–Kier alpha value is -4.56. The van der Waals surface area contributed by atoms with Crippen molar-refractivity contribution in [3.05, 3.63) is 70.5 Å². The van der Waals surface area contributed by atoms with Gasteiger partial charge in [-0.1, -0.05) is 24.3 Å². The van der Waals surface area contributed by atoms with Crippen molar-refractivity contribution in [1.29, 1.82) is 15.8 Å². The number of nitrogens with two attached hydrogens (primary N) is 1. The maximum Gasteiger partial charge on any atom is 0.225 e. The average molecular weight is 523 g/mol. The van der Waals surface area contributed by atoms with Crippen LogP contribution in [0.5, 0.6) is 0 Å². The molecule has 37 heavy (non-hydrogen) atoms. The van der Waals surface area contributed by atoms with Gasteiger partial charge in [-0.25, -0.2) is 4.98 Å². The van der Waals surface area contributed by atoms with Crippen LogP contribution >= 0.6 is 23.1 Å². The summed E-state index contributed by atoms with van der Waals surface area (Å²) in [5.41, 5.74) is 10.4. The van der Waals surface area contributed by atoms with Gasteiger partial charge in [0.05, 0.1) is 23.0 Å². The number of aromatic nitrogens is 1. The predicted octanol–water partition coefficient (Wildman–Crippen LogP) is 5.49. The molecule has 180 valence electrons. The molecule has 0 saturated carbocycles. The highest BCUT2D eigenvalue weighted by atomic mass is 32.2. The number of pyridine rings is 1. The van der Waals surface area contributed by atoms with E-state index in [0.717, 1.165) is 28.8 Å². The van der Waals surface area contributed by atoms with Crippen LogP contribution in [0.4, 0.5) is 10.8 Å². The Bertz CT molecular complexity index is 1650. The van der Waals surface area contributed by atoms with Gasteiger partial charge in [-0.2, -0.15) is 15.8 Å². The number of fused-ring (bicyclic) bond motifs is 3. The van der Waals surface area contributed by atoms with E-state index in [9.17, 15) is 20.6 Å². The maximum atomic E-state index is 12.8. The summed E-state index contributed by atoms with van der Waals surface area (Å²) in [6.45, 7) is 0. The number of benzene rings is 1. The molecule has 1 amide bonds. The van der Waals surface area contributed by atoms with Gasteiger partial charge in [0, 0.05) is 17.1 Å². The fourth-order valence-corrected chi connectivity index (χ4v) is 6.56. The first kappa shape index (κ1) is 24.1. The first-order valence-corrected chi connectivity index (χ1v) is 13.1. The number of hydrogen-bond donors (Lipinski definition) is 2. The van der Waals surface area contributed by atoms with Crippen molar-refractivity contribution in [1.82, 2.24) is 4.98 Å². The van der Waals surface area contributed by atoms with Crippen molar-refractivity contribution < 1.29 is 9.21 Å². The summed E-state index contributed by atoms with van der Waals surface area (Å²) in [4.78, 5) is 18.1. The molecular weight excluding hydrogens is 504 g/mol. The Morgan fingerprint density at radius 1 is 1.08 bits per heavy atom. The van der Waals surface area contributed by atoms with Gasteiger partial charge in [-0.3, -0.25) is 4.79 Å². The van der Waals surface area contributed by atoms with Crippen LogP contribution in [0.25, 0.3) is 21.8 Å². The van der Waals surface area contributed by atoms with Crippen molar-refractivity contribution in [2.24, 2.45) is 0 Å². The van der Waals surface area contributed by atoms with Crippen LogP contribution in [0.3, 0.4) is 0 Å². The molecular formula is C27H18N6O2S2. The molecule has 0 aliphatic heterocycles. The second kappa shape index (κ2) is 10.2. The van der Waals surface area contributed by atoms with Crippen LogP contribution in [0.15, 0.2) is 52.1 Å². The predicted molar refractivity (Wildman–Crippen MR) is 142 cm³/mol. The van der Waals surface area contributed by atoms with Crippen molar-refractivity contribution in [3.8, 4) is 40.0 Å². The number of thiophene rings is 1. The lowest BCUT2D eigenvalue weighted by Gasteiger charge is -2.15. The molecule has 0 radical (unpaired) electrons. The highest BCUT2D eigenvalue weighted by molar-refractivity contribution is 7.99. The maximum absolute atomic E-state index is 12.8. The molecule has 8 nitrogen and oxygen atoms in total. The lowest BCUT2D eigenvalue weighted by atomic mass is 9.90. The summed E-state index contributed by atoms with van der Waals surface area (Å²) in [5, 5.41) is 32.9. The highest BCUT2D eigenvalue weighted by Crippen LogP contribution is 2.45. The largest absolute Gasteiger partial charge is 0.464 e. The molecule has 1 aromatic carbocycles.